The van der Waals surface area contributed by atoms with Gasteiger partial charge in [-0.15, -0.1) is 0 Å². The normalized spacial score (nSPS) is 11.1. The van der Waals surface area contributed by atoms with Crippen molar-refractivity contribution in [1.82, 2.24) is 0 Å². The standard InChI is InChI=1S/C26H20.C24H21P/c1-5-13-21(14-6-1)25(22-15-7-2-8-16-22)26(23-17-9-3-10-18-23)24-19-11-4-12-20-24;1-5-13-21(14-6-1)25(22-15-7-2-8-16-22,23-17-9-3-10-18-23)24-19-11-4-12-20-24/h1-20H;1-20,25H. The molecule has 0 bridgehead atoms. The molecule has 0 atom stereocenters. The predicted molar refractivity (Wildman–Crippen MR) is 223 cm³/mol. The van der Waals surface area contributed by atoms with Crippen LogP contribution >= 0.6 is 7.26 Å². The third-order valence-corrected chi connectivity index (χ3v) is 14.1. The minimum absolute atomic E-state index is 1.22. The second kappa shape index (κ2) is 16.6. The van der Waals surface area contributed by atoms with E-state index in [0.717, 1.165) is 0 Å². The summed E-state index contributed by atoms with van der Waals surface area (Å²) in [7, 11) is -2.30. The van der Waals surface area contributed by atoms with Crippen LogP contribution in [0, 0.1) is 0 Å². The third-order valence-electron chi connectivity index (χ3n) is 9.33. The van der Waals surface area contributed by atoms with Crippen molar-refractivity contribution in [1.29, 1.82) is 0 Å². The summed E-state index contributed by atoms with van der Waals surface area (Å²) < 4.78 is 0. The van der Waals surface area contributed by atoms with Crippen molar-refractivity contribution >= 4 is 39.6 Å². The van der Waals surface area contributed by atoms with Gasteiger partial charge in [0.1, 0.15) is 0 Å². The van der Waals surface area contributed by atoms with E-state index in [-0.39, 0.29) is 0 Å². The Morgan fingerprint density at radius 2 is 0.353 bits per heavy atom. The molecule has 8 aromatic rings. The van der Waals surface area contributed by atoms with Gasteiger partial charge in [-0.1, -0.05) is 121 Å². The molecule has 0 saturated heterocycles. The van der Waals surface area contributed by atoms with Crippen LogP contribution in [-0.2, 0) is 0 Å². The molecule has 0 amide bonds. The molecule has 0 nitrogen and oxygen atoms in total. The number of benzene rings is 8. The van der Waals surface area contributed by atoms with Crippen LogP contribution < -0.4 is 21.2 Å². The summed E-state index contributed by atoms with van der Waals surface area (Å²) in [4.78, 5) is 0. The molecule has 0 fully saturated rings. The first-order chi connectivity index (χ1) is 25.4. The first-order valence-electron chi connectivity index (χ1n) is 17.5. The Labute approximate surface area is 303 Å². The second-order valence-electron chi connectivity index (χ2n) is 12.4. The maximum absolute atomic E-state index is 2.30. The molecule has 0 radical (unpaired) electrons. The van der Waals surface area contributed by atoms with Gasteiger partial charge in [-0.05, 0) is 33.4 Å². The molecule has 0 N–H and O–H groups in total. The Kier molecular flexibility index (Phi) is 10.9. The molecule has 8 rings (SSSR count). The molecule has 0 aliphatic rings. The molecule has 0 heterocycles. The van der Waals surface area contributed by atoms with Crippen molar-refractivity contribution in [3.8, 4) is 0 Å². The molecule has 1 heteroatoms. The van der Waals surface area contributed by atoms with Crippen molar-refractivity contribution in [2.45, 2.75) is 0 Å². The van der Waals surface area contributed by atoms with Crippen molar-refractivity contribution in [3.05, 3.63) is 265 Å². The Morgan fingerprint density at radius 3 is 0.529 bits per heavy atom. The number of rotatable bonds is 8. The van der Waals surface area contributed by atoms with E-state index in [1.54, 1.807) is 0 Å². The Morgan fingerprint density at radius 1 is 0.196 bits per heavy atom. The van der Waals surface area contributed by atoms with Crippen molar-refractivity contribution < 1.29 is 0 Å². The average molecular weight is 673 g/mol. The summed E-state index contributed by atoms with van der Waals surface area (Å²) in [6.07, 6.45) is 0. The van der Waals surface area contributed by atoms with E-state index in [4.69, 9.17) is 0 Å². The topological polar surface area (TPSA) is 0 Å². The summed E-state index contributed by atoms with van der Waals surface area (Å²) in [6, 6.07) is 86.6. The van der Waals surface area contributed by atoms with Crippen LogP contribution in [0.25, 0.3) is 11.1 Å². The fourth-order valence-corrected chi connectivity index (χ4v) is 11.9. The van der Waals surface area contributed by atoms with Crippen LogP contribution in [0.4, 0.5) is 0 Å². The third kappa shape index (κ3) is 7.43. The van der Waals surface area contributed by atoms with Gasteiger partial charge in [0.25, 0.3) is 0 Å². The summed E-state index contributed by atoms with van der Waals surface area (Å²) in [5.41, 5.74) is 7.40. The van der Waals surface area contributed by atoms with E-state index in [9.17, 15) is 0 Å². The molecular formula is C50H41P. The van der Waals surface area contributed by atoms with E-state index in [1.165, 1.54) is 54.6 Å². The van der Waals surface area contributed by atoms with Gasteiger partial charge in [-0.25, -0.2) is 0 Å². The molecule has 0 aliphatic heterocycles. The van der Waals surface area contributed by atoms with Crippen molar-refractivity contribution in [2.75, 3.05) is 0 Å². The van der Waals surface area contributed by atoms with Gasteiger partial charge in [0, 0.05) is 0 Å². The van der Waals surface area contributed by atoms with Gasteiger partial charge in [0.15, 0.2) is 0 Å². The van der Waals surface area contributed by atoms with Gasteiger partial charge in [0.05, 0.1) is 0 Å². The summed E-state index contributed by atoms with van der Waals surface area (Å²) in [5, 5.41) is 5.66. The van der Waals surface area contributed by atoms with Gasteiger partial charge < -0.3 is 0 Å². The zero-order valence-electron chi connectivity index (χ0n) is 28.6. The molecule has 0 aliphatic carbocycles. The van der Waals surface area contributed by atoms with E-state index in [0.29, 0.717) is 0 Å². The first kappa shape index (κ1) is 33.4. The van der Waals surface area contributed by atoms with Gasteiger partial charge in [0.2, 0.25) is 0 Å². The van der Waals surface area contributed by atoms with E-state index in [1.807, 2.05) is 0 Å². The Hall–Kier alpha value is -6.07. The molecule has 8 aromatic carbocycles. The monoisotopic (exact) mass is 672 g/mol. The average Bonchev–Trinajstić information content (AvgIpc) is 3.23. The summed E-state index contributed by atoms with van der Waals surface area (Å²) >= 11 is 0. The molecule has 246 valence electrons. The molecule has 0 spiro atoms. The summed E-state index contributed by atoms with van der Waals surface area (Å²) in [5.74, 6) is 0. The number of hydrogen-bond acceptors (Lipinski definition) is 0. The molecular weight excluding hydrogens is 632 g/mol. The molecule has 0 unspecified atom stereocenters. The summed E-state index contributed by atoms with van der Waals surface area (Å²) in [6.45, 7) is 0. The maximum atomic E-state index is 2.29. The van der Waals surface area contributed by atoms with Crippen LogP contribution in [-0.4, -0.2) is 0 Å². The van der Waals surface area contributed by atoms with E-state index >= 15 is 0 Å². The number of hydrogen-bond donors (Lipinski definition) is 0. The first-order valence-corrected chi connectivity index (χ1v) is 19.5. The van der Waals surface area contributed by atoms with E-state index in [2.05, 4.69) is 243 Å². The fraction of sp³-hybridized carbons (Fsp3) is 0. The van der Waals surface area contributed by atoms with Gasteiger partial charge in [-0.3, -0.25) is 0 Å². The molecule has 0 saturated carbocycles. The van der Waals surface area contributed by atoms with Crippen LogP contribution in [0.3, 0.4) is 0 Å². The SMILES string of the molecule is c1ccc(C(=C(c2ccccc2)c2ccccc2)c2ccccc2)cc1.c1ccc([PH](c2ccccc2)(c2ccccc2)c2ccccc2)cc1. The van der Waals surface area contributed by atoms with Crippen LogP contribution in [0.5, 0.6) is 0 Å². The van der Waals surface area contributed by atoms with Crippen LogP contribution in [0.2, 0.25) is 0 Å². The van der Waals surface area contributed by atoms with Crippen molar-refractivity contribution in [3.63, 3.8) is 0 Å². The van der Waals surface area contributed by atoms with Crippen molar-refractivity contribution in [2.24, 2.45) is 0 Å². The predicted octanol–water partition coefficient (Wildman–Crippen LogP) is 10.7. The van der Waals surface area contributed by atoms with Gasteiger partial charge >= 0.3 is 150 Å². The second-order valence-corrected chi connectivity index (χ2v) is 16.2. The van der Waals surface area contributed by atoms with Crippen LogP contribution in [0.15, 0.2) is 243 Å². The zero-order valence-corrected chi connectivity index (χ0v) is 29.6. The van der Waals surface area contributed by atoms with Crippen LogP contribution in [0.1, 0.15) is 22.3 Å². The quantitative estimate of drug-likeness (QED) is 0.111. The Bertz CT molecular complexity index is 1900. The molecule has 0 aromatic heterocycles. The minimum atomic E-state index is -2.30. The van der Waals surface area contributed by atoms with Gasteiger partial charge in [-0.2, -0.15) is 0 Å². The fourth-order valence-electron chi connectivity index (χ4n) is 7.08. The van der Waals surface area contributed by atoms with E-state index < -0.39 is 7.26 Å². The Balaban J connectivity index is 0.000000159. The molecule has 51 heavy (non-hydrogen) atoms. The zero-order chi connectivity index (χ0) is 34.6.